The molecule has 2 fully saturated rings. The van der Waals surface area contributed by atoms with E-state index in [1.807, 2.05) is 62.4 Å². The molecule has 312 valence electrons. The molecule has 2 saturated heterocycles. The molecule has 10 nitrogen and oxygen atoms in total. The van der Waals surface area contributed by atoms with Crippen LogP contribution < -0.4 is 9.47 Å². The van der Waals surface area contributed by atoms with Gasteiger partial charge in [-0.3, -0.25) is 0 Å². The molecular weight excluding hydrogens is 717 g/mol. The zero-order chi connectivity index (χ0) is 40.2. The zero-order valence-electron chi connectivity index (χ0n) is 35.1. The Morgan fingerprint density at radius 3 is 1.91 bits per heavy atom. The summed E-state index contributed by atoms with van der Waals surface area (Å²) in [7, 11) is 1.24. The van der Waals surface area contributed by atoms with E-state index in [-0.39, 0.29) is 18.1 Å². The standard InChI is InChI=1S/C44H72O10Si/c1-10-41(51-29-34-16-20-37(49-9)21-17-34)32(6)42(47)31(5)40(46)25-39-27-43(7,54-55(11-2,12-3)13-4)30-44(53-39)26-35(45)24-38(52-44)22-23-50-28-33-14-18-36(48-8)19-15-33/h14-21,31-32,35,38-42,45-47H,10-13,22-30H2,1-9H3/t31-,32-,35+,38+,39+,40+,41+,42+,43+,44?/m1/s1. The van der Waals surface area contributed by atoms with Crippen LogP contribution in [0.5, 0.6) is 11.5 Å². The molecule has 0 aliphatic carbocycles. The lowest BCUT2D eigenvalue weighted by Gasteiger charge is -2.55. The van der Waals surface area contributed by atoms with Gasteiger partial charge in [-0.15, -0.1) is 0 Å². The molecule has 2 heterocycles. The molecule has 55 heavy (non-hydrogen) atoms. The summed E-state index contributed by atoms with van der Waals surface area (Å²) in [6, 6.07) is 18.7. The molecule has 0 radical (unpaired) electrons. The van der Waals surface area contributed by atoms with Gasteiger partial charge in [-0.1, -0.05) is 65.8 Å². The van der Waals surface area contributed by atoms with Crippen molar-refractivity contribution in [3.8, 4) is 11.5 Å². The Bertz CT molecular complexity index is 1380. The molecule has 1 unspecified atom stereocenters. The number of benzene rings is 2. The van der Waals surface area contributed by atoms with Crippen molar-refractivity contribution in [3.63, 3.8) is 0 Å². The van der Waals surface area contributed by atoms with E-state index in [2.05, 4.69) is 34.6 Å². The van der Waals surface area contributed by atoms with Gasteiger partial charge in [0.1, 0.15) is 11.5 Å². The number of hydrogen-bond donors (Lipinski definition) is 3. The molecule has 11 heteroatoms. The molecule has 2 aliphatic rings. The minimum Gasteiger partial charge on any atom is -0.497 e. The summed E-state index contributed by atoms with van der Waals surface area (Å²) in [6.07, 6.45) is 0.470. The average Bonchev–Trinajstić information content (AvgIpc) is 3.18. The normalized spacial score (nSPS) is 27.3. The second kappa shape index (κ2) is 21.1. The molecule has 10 atom stereocenters. The van der Waals surface area contributed by atoms with E-state index < -0.39 is 50.0 Å². The van der Waals surface area contributed by atoms with Crippen molar-refractivity contribution in [1.29, 1.82) is 0 Å². The Hall–Kier alpha value is -2.06. The zero-order valence-corrected chi connectivity index (χ0v) is 36.1. The molecule has 2 aromatic rings. The second-order valence-electron chi connectivity index (χ2n) is 16.5. The highest BCUT2D eigenvalue weighted by Crippen LogP contribution is 2.48. The van der Waals surface area contributed by atoms with Gasteiger partial charge in [0.2, 0.25) is 0 Å². The highest BCUT2D eigenvalue weighted by Gasteiger charge is 2.55. The molecule has 3 N–H and O–H groups in total. The number of aliphatic hydroxyl groups excluding tert-OH is 3. The lowest BCUT2D eigenvalue weighted by Crippen LogP contribution is -2.61. The predicted molar refractivity (Wildman–Crippen MR) is 218 cm³/mol. The number of ether oxygens (including phenoxy) is 6. The van der Waals surface area contributed by atoms with Gasteiger partial charge < -0.3 is 48.2 Å². The minimum absolute atomic E-state index is 0.192. The van der Waals surface area contributed by atoms with Crippen molar-refractivity contribution in [2.75, 3.05) is 20.8 Å². The first-order chi connectivity index (χ1) is 26.2. The van der Waals surface area contributed by atoms with E-state index in [1.165, 1.54) is 0 Å². The topological polar surface area (TPSA) is 125 Å². The summed E-state index contributed by atoms with van der Waals surface area (Å²) in [6.45, 7) is 16.2. The van der Waals surface area contributed by atoms with E-state index in [4.69, 9.17) is 32.8 Å². The van der Waals surface area contributed by atoms with Crippen LogP contribution in [0, 0.1) is 11.8 Å². The minimum atomic E-state index is -2.06. The third-order valence-electron chi connectivity index (χ3n) is 12.4. The maximum absolute atomic E-state index is 11.8. The fourth-order valence-electron chi connectivity index (χ4n) is 8.82. The van der Waals surface area contributed by atoms with Gasteiger partial charge in [-0.05, 0) is 79.7 Å². The molecular formula is C44H72O10Si. The fraction of sp³-hybridized carbons (Fsp3) is 0.727. The van der Waals surface area contributed by atoms with Crippen LogP contribution in [-0.4, -0.2) is 92.5 Å². The highest BCUT2D eigenvalue weighted by atomic mass is 28.4. The van der Waals surface area contributed by atoms with Gasteiger partial charge in [0, 0.05) is 44.1 Å². The number of methoxy groups -OCH3 is 2. The first-order valence-electron chi connectivity index (χ1n) is 20.8. The number of aliphatic hydroxyl groups is 3. The molecule has 2 aliphatic heterocycles. The van der Waals surface area contributed by atoms with Crippen molar-refractivity contribution >= 4 is 8.32 Å². The number of hydrogen-bond acceptors (Lipinski definition) is 10. The van der Waals surface area contributed by atoms with Crippen LogP contribution in [0.4, 0.5) is 0 Å². The van der Waals surface area contributed by atoms with Crippen molar-refractivity contribution < 1.29 is 48.2 Å². The highest BCUT2D eigenvalue weighted by molar-refractivity contribution is 6.73. The van der Waals surface area contributed by atoms with Gasteiger partial charge in [0.05, 0.1) is 69.7 Å². The predicted octanol–water partition coefficient (Wildman–Crippen LogP) is 8.19. The van der Waals surface area contributed by atoms with Gasteiger partial charge in [-0.25, -0.2) is 0 Å². The molecule has 0 aromatic heterocycles. The molecule has 0 bridgehead atoms. The van der Waals surface area contributed by atoms with Crippen LogP contribution in [0.2, 0.25) is 18.1 Å². The van der Waals surface area contributed by atoms with E-state index in [0.717, 1.165) is 47.2 Å². The summed E-state index contributed by atoms with van der Waals surface area (Å²) in [4.78, 5) is 0. The van der Waals surface area contributed by atoms with Crippen LogP contribution in [0.3, 0.4) is 0 Å². The van der Waals surface area contributed by atoms with Crippen LogP contribution >= 0.6 is 0 Å². The van der Waals surface area contributed by atoms with Gasteiger partial charge in [-0.2, -0.15) is 0 Å². The van der Waals surface area contributed by atoms with Crippen LogP contribution in [0.1, 0.15) is 105 Å². The molecule has 0 saturated carbocycles. The lowest BCUT2D eigenvalue weighted by molar-refractivity contribution is -0.351. The first kappa shape index (κ1) is 45.6. The molecule has 1 spiro atoms. The molecule has 0 amide bonds. The third-order valence-corrected chi connectivity index (χ3v) is 17.1. The van der Waals surface area contributed by atoms with Crippen molar-refractivity contribution in [1.82, 2.24) is 0 Å². The van der Waals surface area contributed by atoms with Crippen molar-refractivity contribution in [2.45, 2.75) is 173 Å². The maximum atomic E-state index is 11.8. The molecule has 2 aromatic carbocycles. The third kappa shape index (κ3) is 12.7. The summed E-state index contributed by atoms with van der Waals surface area (Å²) in [5, 5.41) is 34.7. The summed E-state index contributed by atoms with van der Waals surface area (Å²) >= 11 is 0. The van der Waals surface area contributed by atoms with Crippen LogP contribution in [0.25, 0.3) is 0 Å². The Kier molecular flexibility index (Phi) is 17.5. The van der Waals surface area contributed by atoms with E-state index >= 15 is 0 Å². The average molecular weight is 789 g/mol. The van der Waals surface area contributed by atoms with Gasteiger partial charge in [0.25, 0.3) is 0 Å². The van der Waals surface area contributed by atoms with E-state index in [9.17, 15) is 15.3 Å². The molecule has 4 rings (SSSR count). The van der Waals surface area contributed by atoms with E-state index in [0.29, 0.717) is 58.3 Å². The monoisotopic (exact) mass is 788 g/mol. The van der Waals surface area contributed by atoms with Gasteiger partial charge >= 0.3 is 0 Å². The Labute approximate surface area is 332 Å². The maximum Gasteiger partial charge on any atom is 0.192 e. The van der Waals surface area contributed by atoms with Crippen molar-refractivity contribution in [3.05, 3.63) is 59.7 Å². The Balaban J connectivity index is 1.44. The Morgan fingerprint density at radius 1 is 0.800 bits per heavy atom. The lowest BCUT2D eigenvalue weighted by atomic mass is 9.79. The fourth-order valence-corrected chi connectivity index (χ4v) is 12.0. The number of rotatable bonds is 22. The summed E-state index contributed by atoms with van der Waals surface area (Å²) < 4.78 is 43.9. The van der Waals surface area contributed by atoms with Gasteiger partial charge in [0.15, 0.2) is 14.1 Å². The van der Waals surface area contributed by atoms with Crippen LogP contribution in [-0.2, 0) is 36.6 Å². The summed E-state index contributed by atoms with van der Waals surface area (Å²) in [5.74, 6) is -0.118. The van der Waals surface area contributed by atoms with E-state index in [1.54, 1.807) is 14.2 Å². The largest absolute Gasteiger partial charge is 0.497 e. The first-order valence-corrected chi connectivity index (χ1v) is 23.3. The smallest absolute Gasteiger partial charge is 0.192 e. The SMILES string of the molecule is CC[C@H](OCc1ccc(OC)cc1)[C@@H](C)[C@@H](O)[C@H](C)[C@@H](O)C[C@H]1C[C@](C)(O[Si](CC)(CC)CC)CC2(C[C@@H](O)C[C@H](CCOCc3ccc(OC)cc3)O2)O1. The van der Waals surface area contributed by atoms with Crippen molar-refractivity contribution in [2.24, 2.45) is 11.8 Å². The quantitative estimate of drug-likeness (QED) is 0.0795. The van der Waals surface area contributed by atoms with Crippen LogP contribution in [0.15, 0.2) is 48.5 Å². The Morgan fingerprint density at radius 2 is 1.36 bits per heavy atom. The second-order valence-corrected chi connectivity index (χ2v) is 21.2. The summed E-state index contributed by atoms with van der Waals surface area (Å²) in [5.41, 5.74) is 1.52.